The SMILES string of the molecule is Cc1nn(-c2ccccc2)c2sc(C(=O)NCC(N)=O)cc12. The van der Waals surface area contributed by atoms with Gasteiger partial charge >= 0.3 is 0 Å². The van der Waals surface area contributed by atoms with Gasteiger partial charge in [0.1, 0.15) is 4.83 Å². The smallest absolute Gasteiger partial charge is 0.261 e. The summed E-state index contributed by atoms with van der Waals surface area (Å²) >= 11 is 1.34. The van der Waals surface area contributed by atoms with E-state index in [1.807, 2.05) is 41.9 Å². The van der Waals surface area contributed by atoms with Crippen LogP contribution in [0.1, 0.15) is 15.4 Å². The number of nitrogens with zero attached hydrogens (tertiary/aromatic N) is 2. The Morgan fingerprint density at radius 1 is 1.32 bits per heavy atom. The molecule has 0 radical (unpaired) electrons. The number of carbonyl (C=O) groups is 2. The average molecular weight is 314 g/mol. The molecule has 0 unspecified atom stereocenters. The van der Waals surface area contributed by atoms with Crippen LogP contribution in [0.4, 0.5) is 0 Å². The molecule has 0 aliphatic rings. The van der Waals surface area contributed by atoms with Crippen LogP contribution in [0.5, 0.6) is 0 Å². The van der Waals surface area contributed by atoms with Crippen LogP contribution in [-0.2, 0) is 4.79 Å². The van der Waals surface area contributed by atoms with Crippen LogP contribution in [0.15, 0.2) is 36.4 Å². The van der Waals surface area contributed by atoms with Gasteiger partial charge in [0, 0.05) is 5.39 Å². The molecule has 2 heterocycles. The van der Waals surface area contributed by atoms with Crippen LogP contribution < -0.4 is 11.1 Å². The normalized spacial score (nSPS) is 10.8. The van der Waals surface area contributed by atoms with E-state index in [0.29, 0.717) is 4.88 Å². The summed E-state index contributed by atoms with van der Waals surface area (Å²) in [6.07, 6.45) is 0. The number of rotatable bonds is 4. The number of fused-ring (bicyclic) bond motifs is 1. The van der Waals surface area contributed by atoms with E-state index in [4.69, 9.17) is 5.73 Å². The summed E-state index contributed by atoms with van der Waals surface area (Å²) in [5.41, 5.74) is 6.82. The highest BCUT2D eigenvalue weighted by Crippen LogP contribution is 2.30. The predicted octanol–water partition coefficient (Wildman–Crippen LogP) is 1.61. The second-order valence-electron chi connectivity index (χ2n) is 4.81. The van der Waals surface area contributed by atoms with Crippen molar-refractivity contribution in [3.63, 3.8) is 0 Å². The van der Waals surface area contributed by atoms with Gasteiger partial charge in [0.2, 0.25) is 5.91 Å². The van der Waals surface area contributed by atoms with E-state index in [-0.39, 0.29) is 12.5 Å². The molecule has 2 amide bonds. The Balaban J connectivity index is 2.00. The lowest BCUT2D eigenvalue weighted by molar-refractivity contribution is -0.117. The number of benzene rings is 1. The number of amides is 2. The quantitative estimate of drug-likeness (QED) is 0.766. The summed E-state index contributed by atoms with van der Waals surface area (Å²) in [7, 11) is 0. The molecule has 3 aromatic rings. The maximum Gasteiger partial charge on any atom is 0.261 e. The minimum atomic E-state index is -0.568. The summed E-state index contributed by atoms with van der Waals surface area (Å²) in [5.74, 6) is -0.875. The topological polar surface area (TPSA) is 90.0 Å². The lowest BCUT2D eigenvalue weighted by atomic mass is 10.3. The van der Waals surface area contributed by atoms with E-state index < -0.39 is 5.91 Å². The van der Waals surface area contributed by atoms with Gasteiger partial charge in [-0.05, 0) is 25.1 Å². The standard InChI is InChI=1S/C15H14N4O2S/c1-9-11-7-12(14(21)17-8-13(16)20)22-15(11)19(18-9)10-5-3-2-4-6-10/h2-7H,8H2,1H3,(H2,16,20)(H,17,21). The molecule has 6 nitrogen and oxygen atoms in total. The van der Waals surface area contributed by atoms with E-state index in [1.54, 1.807) is 6.07 Å². The van der Waals surface area contributed by atoms with Crippen LogP contribution in [0.2, 0.25) is 0 Å². The fourth-order valence-electron chi connectivity index (χ4n) is 2.16. The maximum absolute atomic E-state index is 12.0. The van der Waals surface area contributed by atoms with Gasteiger partial charge < -0.3 is 11.1 Å². The third-order valence-electron chi connectivity index (χ3n) is 3.19. The van der Waals surface area contributed by atoms with Crippen LogP contribution in [0.25, 0.3) is 15.9 Å². The fourth-order valence-corrected chi connectivity index (χ4v) is 3.26. The van der Waals surface area contributed by atoms with E-state index in [2.05, 4.69) is 10.4 Å². The lowest BCUT2D eigenvalue weighted by Gasteiger charge is -2.01. The minimum Gasteiger partial charge on any atom is -0.368 e. The molecule has 0 saturated carbocycles. The number of hydrogen-bond acceptors (Lipinski definition) is 4. The molecule has 22 heavy (non-hydrogen) atoms. The van der Waals surface area contributed by atoms with Gasteiger partial charge in [-0.2, -0.15) is 5.10 Å². The number of primary amides is 1. The van der Waals surface area contributed by atoms with Crippen LogP contribution in [0, 0.1) is 6.92 Å². The first-order valence-corrected chi connectivity index (χ1v) is 7.49. The number of aromatic nitrogens is 2. The van der Waals surface area contributed by atoms with E-state index in [0.717, 1.165) is 21.6 Å². The van der Waals surface area contributed by atoms with Crippen LogP contribution >= 0.6 is 11.3 Å². The fraction of sp³-hybridized carbons (Fsp3) is 0.133. The first-order valence-electron chi connectivity index (χ1n) is 6.67. The lowest BCUT2D eigenvalue weighted by Crippen LogP contribution is -2.32. The molecule has 0 saturated heterocycles. The third kappa shape index (κ3) is 2.58. The van der Waals surface area contributed by atoms with Crippen molar-refractivity contribution in [2.75, 3.05) is 6.54 Å². The highest BCUT2D eigenvalue weighted by Gasteiger charge is 2.17. The van der Waals surface area contributed by atoms with E-state index in [1.165, 1.54) is 11.3 Å². The van der Waals surface area contributed by atoms with Crippen molar-refractivity contribution < 1.29 is 9.59 Å². The van der Waals surface area contributed by atoms with Crippen molar-refractivity contribution in [1.29, 1.82) is 0 Å². The molecule has 0 aliphatic carbocycles. The number of aryl methyl sites for hydroxylation is 1. The molecule has 2 aromatic heterocycles. The molecule has 0 atom stereocenters. The molecule has 3 rings (SSSR count). The number of carbonyl (C=O) groups excluding carboxylic acids is 2. The van der Waals surface area contributed by atoms with Gasteiger partial charge in [-0.3, -0.25) is 9.59 Å². The Hall–Kier alpha value is -2.67. The Kier molecular flexibility index (Phi) is 3.64. The molecule has 0 aliphatic heterocycles. The maximum atomic E-state index is 12.0. The zero-order valence-electron chi connectivity index (χ0n) is 11.9. The minimum absolute atomic E-state index is 0.170. The number of nitrogens with two attached hydrogens (primary N) is 1. The molecular weight excluding hydrogens is 300 g/mol. The Morgan fingerprint density at radius 3 is 2.73 bits per heavy atom. The van der Waals surface area contributed by atoms with Crippen molar-refractivity contribution in [3.05, 3.63) is 47.0 Å². The molecule has 0 bridgehead atoms. The number of hydrogen-bond donors (Lipinski definition) is 2. The molecule has 112 valence electrons. The first kappa shape index (κ1) is 14.3. The largest absolute Gasteiger partial charge is 0.368 e. The summed E-state index contributed by atoms with van der Waals surface area (Å²) in [6, 6.07) is 11.5. The number of para-hydroxylation sites is 1. The van der Waals surface area contributed by atoms with Gasteiger partial charge in [-0.25, -0.2) is 4.68 Å². The molecule has 1 aromatic carbocycles. The van der Waals surface area contributed by atoms with E-state index in [9.17, 15) is 9.59 Å². The van der Waals surface area contributed by atoms with Crippen molar-refractivity contribution in [2.45, 2.75) is 6.92 Å². The molecular formula is C15H14N4O2S. The van der Waals surface area contributed by atoms with Crippen molar-refractivity contribution in [1.82, 2.24) is 15.1 Å². The highest BCUT2D eigenvalue weighted by molar-refractivity contribution is 7.20. The van der Waals surface area contributed by atoms with Gasteiger partial charge in [-0.1, -0.05) is 18.2 Å². The molecule has 0 fully saturated rings. The highest BCUT2D eigenvalue weighted by atomic mass is 32.1. The Bertz CT molecular complexity index is 851. The summed E-state index contributed by atoms with van der Waals surface area (Å²) < 4.78 is 1.82. The second-order valence-corrected chi connectivity index (χ2v) is 5.84. The van der Waals surface area contributed by atoms with Gasteiger partial charge in [-0.15, -0.1) is 11.3 Å². The van der Waals surface area contributed by atoms with Gasteiger partial charge in [0.15, 0.2) is 0 Å². The molecule has 7 heteroatoms. The summed E-state index contributed by atoms with van der Waals surface area (Å²) in [6.45, 7) is 1.73. The van der Waals surface area contributed by atoms with Crippen molar-refractivity contribution >= 4 is 33.4 Å². The Morgan fingerprint density at radius 2 is 2.05 bits per heavy atom. The zero-order chi connectivity index (χ0) is 15.7. The second kappa shape index (κ2) is 5.61. The van der Waals surface area contributed by atoms with Gasteiger partial charge in [0.05, 0.1) is 22.8 Å². The van der Waals surface area contributed by atoms with E-state index >= 15 is 0 Å². The first-order chi connectivity index (χ1) is 10.6. The third-order valence-corrected chi connectivity index (χ3v) is 4.30. The zero-order valence-corrected chi connectivity index (χ0v) is 12.7. The Labute approximate surface area is 130 Å². The summed E-state index contributed by atoms with van der Waals surface area (Å²) in [5, 5.41) is 7.94. The van der Waals surface area contributed by atoms with Crippen LogP contribution in [0.3, 0.4) is 0 Å². The predicted molar refractivity (Wildman–Crippen MR) is 85.2 cm³/mol. The molecule has 3 N–H and O–H groups in total. The average Bonchev–Trinajstić information content (AvgIpc) is 3.07. The van der Waals surface area contributed by atoms with Crippen LogP contribution in [-0.4, -0.2) is 28.1 Å². The molecule has 0 spiro atoms. The van der Waals surface area contributed by atoms with Gasteiger partial charge in [0.25, 0.3) is 5.91 Å². The summed E-state index contributed by atoms with van der Waals surface area (Å²) in [4.78, 5) is 24.2. The van der Waals surface area contributed by atoms with Crippen molar-refractivity contribution in [2.24, 2.45) is 5.73 Å². The number of thiophene rings is 1. The van der Waals surface area contributed by atoms with Crippen molar-refractivity contribution in [3.8, 4) is 5.69 Å². The monoisotopic (exact) mass is 314 g/mol. The number of nitrogens with one attached hydrogen (secondary N) is 1.